The number of aliphatic imine (C=N–C) groups is 1. The van der Waals surface area contributed by atoms with Crippen LogP contribution in [0.5, 0.6) is 0 Å². The van der Waals surface area contributed by atoms with E-state index in [1.165, 1.54) is 10.6 Å². The summed E-state index contributed by atoms with van der Waals surface area (Å²) in [5.41, 5.74) is 1.22. The Morgan fingerprint density at radius 2 is 2.00 bits per heavy atom. The molecule has 2 aromatic rings. The molecule has 132 valence electrons. The van der Waals surface area contributed by atoms with Gasteiger partial charge in [0, 0.05) is 43.4 Å². The van der Waals surface area contributed by atoms with Crippen molar-refractivity contribution in [2.45, 2.75) is 20.4 Å². The van der Waals surface area contributed by atoms with Crippen LogP contribution >= 0.6 is 35.3 Å². The van der Waals surface area contributed by atoms with E-state index in [1.807, 2.05) is 12.3 Å². The smallest absolute Gasteiger partial charge is 0.191 e. The highest BCUT2D eigenvalue weighted by Crippen LogP contribution is 2.12. The quantitative estimate of drug-likeness (QED) is 0.379. The first-order valence-electron chi connectivity index (χ1n) is 7.88. The van der Waals surface area contributed by atoms with Crippen LogP contribution in [0.3, 0.4) is 0 Å². The zero-order chi connectivity index (χ0) is 16.5. The fourth-order valence-electron chi connectivity index (χ4n) is 2.12. The molecule has 0 saturated heterocycles. The number of likely N-dealkylation sites (N-methyl/N-ethyl adjacent to an activating group) is 1. The molecule has 0 bridgehead atoms. The van der Waals surface area contributed by atoms with Gasteiger partial charge in [-0.2, -0.15) is 0 Å². The highest BCUT2D eigenvalue weighted by molar-refractivity contribution is 14.0. The number of nitrogens with one attached hydrogen (secondary N) is 2. The number of hydrogen-bond donors (Lipinski definition) is 2. The minimum atomic E-state index is 0. The van der Waals surface area contributed by atoms with E-state index in [4.69, 9.17) is 0 Å². The van der Waals surface area contributed by atoms with Crippen LogP contribution in [0.2, 0.25) is 0 Å². The Morgan fingerprint density at radius 1 is 1.25 bits per heavy atom. The number of hydrogen-bond acceptors (Lipinski definition) is 4. The standard InChI is InChI=1S/C17H25N5S.HI/c1-4-18-17(21-13-16-20-12-14(2)23-16)19-10-11-22(3)15-8-6-5-7-9-15;/h5-9,12H,4,10-11,13H2,1-3H3,(H2,18,19,21);1H. The molecule has 0 aliphatic rings. The van der Waals surface area contributed by atoms with Gasteiger partial charge in [-0.15, -0.1) is 35.3 Å². The molecular formula is C17H26IN5S. The molecule has 1 heterocycles. The number of rotatable bonds is 7. The van der Waals surface area contributed by atoms with Crippen molar-refractivity contribution in [1.29, 1.82) is 0 Å². The predicted molar refractivity (Wildman–Crippen MR) is 115 cm³/mol. The summed E-state index contributed by atoms with van der Waals surface area (Å²) >= 11 is 1.69. The Kier molecular flexibility index (Phi) is 9.70. The summed E-state index contributed by atoms with van der Waals surface area (Å²) in [5.74, 6) is 0.835. The van der Waals surface area contributed by atoms with Crippen molar-refractivity contribution in [2.75, 3.05) is 31.6 Å². The average Bonchev–Trinajstić information content (AvgIpc) is 2.99. The maximum absolute atomic E-state index is 4.59. The van der Waals surface area contributed by atoms with Crippen LogP contribution < -0.4 is 15.5 Å². The number of aromatic nitrogens is 1. The zero-order valence-corrected chi connectivity index (χ0v) is 17.6. The van der Waals surface area contributed by atoms with E-state index in [-0.39, 0.29) is 24.0 Å². The third-order valence-electron chi connectivity index (χ3n) is 3.32. The molecule has 2 N–H and O–H groups in total. The molecule has 0 aliphatic heterocycles. The summed E-state index contributed by atoms with van der Waals surface area (Å²) in [6.07, 6.45) is 1.89. The van der Waals surface area contributed by atoms with Gasteiger partial charge in [0.05, 0.1) is 6.54 Å². The lowest BCUT2D eigenvalue weighted by molar-refractivity contribution is 0.780. The number of aryl methyl sites for hydroxylation is 1. The Balaban J connectivity index is 0.00000288. The highest BCUT2D eigenvalue weighted by atomic mass is 127. The van der Waals surface area contributed by atoms with Gasteiger partial charge in [0.25, 0.3) is 0 Å². The van der Waals surface area contributed by atoms with E-state index in [1.54, 1.807) is 11.3 Å². The number of benzene rings is 1. The summed E-state index contributed by atoms with van der Waals surface area (Å²) in [4.78, 5) is 12.4. The molecule has 7 heteroatoms. The molecule has 1 aromatic heterocycles. The van der Waals surface area contributed by atoms with E-state index in [9.17, 15) is 0 Å². The summed E-state index contributed by atoms with van der Waals surface area (Å²) in [7, 11) is 2.10. The third kappa shape index (κ3) is 7.04. The number of anilines is 1. The normalized spacial score (nSPS) is 10.9. The number of para-hydroxylation sites is 1. The van der Waals surface area contributed by atoms with Crippen molar-refractivity contribution in [3.8, 4) is 0 Å². The predicted octanol–water partition coefficient (Wildman–Crippen LogP) is 3.26. The van der Waals surface area contributed by atoms with Crippen molar-refractivity contribution < 1.29 is 0 Å². The Bertz CT molecular complexity index is 614. The van der Waals surface area contributed by atoms with Crippen LogP contribution in [0.4, 0.5) is 5.69 Å². The first kappa shape index (κ1) is 20.7. The first-order valence-corrected chi connectivity index (χ1v) is 8.70. The van der Waals surface area contributed by atoms with E-state index >= 15 is 0 Å². The molecule has 0 spiro atoms. The fourth-order valence-corrected chi connectivity index (χ4v) is 2.83. The van der Waals surface area contributed by atoms with E-state index in [0.717, 1.165) is 30.6 Å². The third-order valence-corrected chi connectivity index (χ3v) is 4.22. The highest BCUT2D eigenvalue weighted by Gasteiger charge is 2.02. The topological polar surface area (TPSA) is 52.6 Å². The molecule has 1 aromatic carbocycles. The number of guanidine groups is 1. The molecule has 0 atom stereocenters. The lowest BCUT2D eigenvalue weighted by Crippen LogP contribution is -2.41. The van der Waals surface area contributed by atoms with Crippen molar-refractivity contribution in [2.24, 2.45) is 4.99 Å². The lowest BCUT2D eigenvalue weighted by Gasteiger charge is -2.20. The summed E-state index contributed by atoms with van der Waals surface area (Å²) in [6, 6.07) is 10.4. The van der Waals surface area contributed by atoms with Crippen LogP contribution in [0.1, 0.15) is 16.8 Å². The van der Waals surface area contributed by atoms with Crippen LogP contribution in [-0.2, 0) is 6.54 Å². The van der Waals surface area contributed by atoms with Gasteiger partial charge in [-0.1, -0.05) is 18.2 Å². The molecule has 0 aliphatic carbocycles. The van der Waals surface area contributed by atoms with Crippen LogP contribution in [-0.4, -0.2) is 37.6 Å². The zero-order valence-electron chi connectivity index (χ0n) is 14.5. The van der Waals surface area contributed by atoms with Crippen molar-refractivity contribution in [3.05, 3.63) is 46.4 Å². The van der Waals surface area contributed by atoms with E-state index in [0.29, 0.717) is 6.54 Å². The Hall–Kier alpha value is -1.35. The van der Waals surface area contributed by atoms with Crippen LogP contribution in [0, 0.1) is 6.92 Å². The SMILES string of the molecule is CCNC(=NCc1ncc(C)s1)NCCN(C)c1ccccc1.I. The minimum Gasteiger partial charge on any atom is -0.373 e. The number of nitrogens with zero attached hydrogens (tertiary/aromatic N) is 3. The van der Waals surface area contributed by atoms with Gasteiger partial charge in [-0.3, -0.25) is 0 Å². The molecule has 0 saturated carbocycles. The molecule has 0 fully saturated rings. The monoisotopic (exact) mass is 459 g/mol. The second kappa shape index (κ2) is 11.2. The second-order valence-corrected chi connectivity index (χ2v) is 6.56. The Morgan fingerprint density at radius 3 is 2.62 bits per heavy atom. The molecule has 5 nitrogen and oxygen atoms in total. The van der Waals surface area contributed by atoms with Crippen molar-refractivity contribution >= 4 is 47.0 Å². The maximum Gasteiger partial charge on any atom is 0.191 e. The average molecular weight is 459 g/mol. The van der Waals surface area contributed by atoms with Crippen LogP contribution in [0.25, 0.3) is 0 Å². The maximum atomic E-state index is 4.59. The van der Waals surface area contributed by atoms with Gasteiger partial charge < -0.3 is 15.5 Å². The number of thiazole rings is 1. The van der Waals surface area contributed by atoms with Gasteiger partial charge in [0.1, 0.15) is 5.01 Å². The summed E-state index contributed by atoms with van der Waals surface area (Å²) < 4.78 is 0. The van der Waals surface area contributed by atoms with Gasteiger partial charge >= 0.3 is 0 Å². The molecule has 0 unspecified atom stereocenters. The number of halogens is 1. The van der Waals surface area contributed by atoms with Gasteiger partial charge in [0.15, 0.2) is 5.96 Å². The van der Waals surface area contributed by atoms with Gasteiger partial charge in [-0.25, -0.2) is 9.98 Å². The molecule has 0 amide bonds. The lowest BCUT2D eigenvalue weighted by atomic mass is 10.3. The van der Waals surface area contributed by atoms with Gasteiger partial charge in [0.2, 0.25) is 0 Å². The minimum absolute atomic E-state index is 0. The van der Waals surface area contributed by atoms with Crippen LogP contribution in [0.15, 0.2) is 41.5 Å². The van der Waals surface area contributed by atoms with Gasteiger partial charge in [-0.05, 0) is 26.0 Å². The van der Waals surface area contributed by atoms with Crippen molar-refractivity contribution in [3.63, 3.8) is 0 Å². The first-order chi connectivity index (χ1) is 11.2. The van der Waals surface area contributed by atoms with E-state index < -0.39 is 0 Å². The fraction of sp³-hybridized carbons (Fsp3) is 0.412. The van der Waals surface area contributed by atoms with Crippen molar-refractivity contribution in [1.82, 2.24) is 15.6 Å². The largest absolute Gasteiger partial charge is 0.373 e. The molecular weight excluding hydrogens is 433 g/mol. The summed E-state index contributed by atoms with van der Waals surface area (Å²) in [6.45, 7) is 7.33. The second-order valence-electron chi connectivity index (χ2n) is 5.24. The molecule has 2 rings (SSSR count). The Labute approximate surface area is 165 Å². The summed E-state index contributed by atoms with van der Waals surface area (Å²) in [5, 5.41) is 7.69. The molecule has 24 heavy (non-hydrogen) atoms. The molecule has 0 radical (unpaired) electrons. The van der Waals surface area contributed by atoms with E-state index in [2.05, 4.69) is 70.7 Å².